The molecule has 20 heteroatoms. The maximum absolute atomic E-state index is 15.1. The van der Waals surface area contributed by atoms with Gasteiger partial charge < -0.3 is 25.7 Å². The van der Waals surface area contributed by atoms with Crippen molar-refractivity contribution >= 4 is 50.8 Å². The fraction of sp³-hybridized carbons (Fsp3) is 0.350. The van der Waals surface area contributed by atoms with Gasteiger partial charge in [-0.3, -0.25) is 29.0 Å². The topological polar surface area (TPSA) is 196 Å². The van der Waals surface area contributed by atoms with Gasteiger partial charge in [-0.1, -0.05) is 51.1 Å². The standard InChI is InChI=1S/C19H24F2N4O5S.C19H22FN5OS.C2H6/c1-4-19(7-8-19)31(29,30)24-13(3)17(16(21)18(26)22-9-10-25(27)28)23-15-6-5-12(2)11-14(15)20;1-12-7-8-14(13(2)10-12)22-18-15(23-27-24(3)4)11-25(19(26)17(18)20)16-6-5-9-21-16;1-2/h5-6,11,23-24H,3-4,7-10H2,1-2H3,(H,22,26);5-11,21-23H,1-4H3;1-2H3/b17-16-;;. The van der Waals surface area contributed by atoms with Crippen molar-refractivity contribution in [2.75, 3.05) is 42.5 Å². The van der Waals surface area contributed by atoms with Crippen LogP contribution in [0.2, 0.25) is 0 Å². The fourth-order valence-corrected chi connectivity index (χ4v) is 7.60. The van der Waals surface area contributed by atoms with Crippen molar-refractivity contribution < 1.29 is 31.3 Å². The number of nitro groups is 1. The summed E-state index contributed by atoms with van der Waals surface area (Å²) in [5.41, 5.74) is 1.84. The average Bonchev–Trinajstić information content (AvgIpc) is 3.83. The van der Waals surface area contributed by atoms with E-state index in [0.717, 1.165) is 22.9 Å². The molecule has 0 spiro atoms. The van der Waals surface area contributed by atoms with Crippen LogP contribution in [0.4, 0.5) is 35.9 Å². The lowest BCUT2D eigenvalue weighted by molar-refractivity contribution is -0.477. The van der Waals surface area contributed by atoms with Gasteiger partial charge in [-0.05, 0) is 95.6 Å². The van der Waals surface area contributed by atoms with Gasteiger partial charge in [-0.2, -0.15) is 8.78 Å². The molecule has 326 valence electrons. The van der Waals surface area contributed by atoms with Crippen molar-refractivity contribution in [3.05, 3.63) is 134 Å². The number of halogens is 3. The number of hydrogen-bond acceptors (Lipinski definition) is 11. The number of hydrogen-bond donors (Lipinski definition) is 6. The first-order chi connectivity index (χ1) is 28.3. The quantitative estimate of drug-likeness (QED) is 0.0200. The van der Waals surface area contributed by atoms with E-state index >= 15 is 4.39 Å². The maximum atomic E-state index is 15.1. The van der Waals surface area contributed by atoms with Crippen molar-refractivity contribution in [2.24, 2.45) is 0 Å². The molecule has 5 rings (SSSR count). The molecule has 6 N–H and O–H groups in total. The maximum Gasteiger partial charge on any atom is 0.294 e. The second-order valence-electron chi connectivity index (χ2n) is 13.6. The van der Waals surface area contributed by atoms with Gasteiger partial charge in [-0.25, -0.2) is 17.1 Å². The highest BCUT2D eigenvalue weighted by Crippen LogP contribution is 2.46. The first kappa shape index (κ1) is 48.6. The first-order valence-corrected chi connectivity index (χ1v) is 21.1. The lowest BCUT2D eigenvalue weighted by Gasteiger charge is -2.20. The number of aryl methyl sites for hydroxylation is 3. The molecule has 1 amide bonds. The van der Waals surface area contributed by atoms with Gasteiger partial charge in [0.25, 0.3) is 11.5 Å². The molecule has 0 aliphatic heterocycles. The molecule has 2 heterocycles. The zero-order valence-electron chi connectivity index (χ0n) is 34.8. The Bertz CT molecular complexity index is 2370. The van der Waals surface area contributed by atoms with Crippen LogP contribution in [0.25, 0.3) is 5.82 Å². The number of nitrogens with one attached hydrogen (secondary N) is 6. The van der Waals surface area contributed by atoms with E-state index in [9.17, 15) is 36.9 Å². The first-order valence-electron chi connectivity index (χ1n) is 18.9. The molecular formula is C40H52F3N9O6S2. The number of aromatic nitrogens is 2. The van der Waals surface area contributed by atoms with Gasteiger partial charge in [0, 0.05) is 35.1 Å². The smallest absolute Gasteiger partial charge is 0.294 e. The summed E-state index contributed by atoms with van der Waals surface area (Å²) in [4.78, 5) is 37.3. The predicted molar refractivity (Wildman–Crippen MR) is 233 cm³/mol. The lowest BCUT2D eigenvalue weighted by atomic mass is 10.1. The summed E-state index contributed by atoms with van der Waals surface area (Å²) >= 11 is 1.29. The van der Waals surface area contributed by atoms with Crippen LogP contribution in [0.15, 0.2) is 89.5 Å². The number of sulfonamides is 1. The van der Waals surface area contributed by atoms with Crippen LogP contribution in [-0.4, -0.2) is 65.0 Å². The van der Waals surface area contributed by atoms with Gasteiger partial charge in [0.15, 0.2) is 0 Å². The number of anilines is 4. The average molecular weight is 876 g/mol. The van der Waals surface area contributed by atoms with E-state index in [1.165, 1.54) is 28.8 Å². The number of aromatic amines is 1. The molecule has 0 radical (unpaired) electrons. The number of pyridine rings is 1. The molecule has 60 heavy (non-hydrogen) atoms. The van der Waals surface area contributed by atoms with Crippen LogP contribution < -0.4 is 31.0 Å². The molecule has 15 nitrogen and oxygen atoms in total. The molecule has 4 aromatic rings. The Morgan fingerprint density at radius 3 is 2.22 bits per heavy atom. The fourth-order valence-electron chi connectivity index (χ4n) is 5.51. The normalized spacial score (nSPS) is 13.1. The minimum absolute atomic E-state index is 0.115. The van der Waals surface area contributed by atoms with Gasteiger partial charge in [0.1, 0.15) is 23.0 Å². The van der Waals surface area contributed by atoms with Crippen molar-refractivity contribution in [1.29, 1.82) is 0 Å². The van der Waals surface area contributed by atoms with Gasteiger partial charge in [0.05, 0.1) is 28.4 Å². The molecule has 0 atom stereocenters. The summed E-state index contributed by atoms with van der Waals surface area (Å²) in [5.74, 6) is -3.96. The third-order valence-electron chi connectivity index (χ3n) is 8.94. The third kappa shape index (κ3) is 12.6. The number of amides is 1. The molecule has 1 fully saturated rings. The highest BCUT2D eigenvalue weighted by molar-refractivity contribution is 7.98. The molecule has 1 aliphatic rings. The van der Waals surface area contributed by atoms with Crippen molar-refractivity contribution in [3.63, 3.8) is 0 Å². The monoisotopic (exact) mass is 875 g/mol. The van der Waals surface area contributed by atoms with E-state index in [-0.39, 0.29) is 11.4 Å². The van der Waals surface area contributed by atoms with E-state index in [0.29, 0.717) is 36.3 Å². The van der Waals surface area contributed by atoms with Crippen LogP contribution in [-0.2, 0) is 14.8 Å². The summed E-state index contributed by atoms with van der Waals surface area (Å²) in [6.45, 7) is 13.7. The summed E-state index contributed by atoms with van der Waals surface area (Å²) < 4.78 is 77.0. The summed E-state index contributed by atoms with van der Waals surface area (Å²) in [6.07, 6.45) is 4.45. The second-order valence-corrected chi connectivity index (χ2v) is 16.8. The van der Waals surface area contributed by atoms with E-state index in [4.69, 9.17) is 0 Å². The predicted octanol–water partition coefficient (Wildman–Crippen LogP) is 7.72. The Hall–Kier alpha value is -5.73. The highest BCUT2D eigenvalue weighted by Gasteiger charge is 2.53. The SMILES string of the molecule is C=C(NS(=O)(=O)C1(CC)CC1)/C(Nc1ccc(C)cc1F)=C(/F)C(=O)NCC[N+](=O)[O-].CC.Cc1ccc(Nc2c(NSN(C)C)cn(-c3ccc[nH]3)c(=O)c2F)c(C)c1. The summed E-state index contributed by atoms with van der Waals surface area (Å²) in [7, 11) is -0.210. The Labute approximate surface area is 352 Å². The van der Waals surface area contributed by atoms with Crippen LogP contribution in [0.1, 0.15) is 56.7 Å². The molecule has 2 aromatic carbocycles. The minimum Gasteiger partial charge on any atom is -0.351 e. The van der Waals surface area contributed by atoms with E-state index in [1.54, 1.807) is 38.4 Å². The number of carbonyl (C=O) groups excluding carboxylic acids is 1. The Balaban J connectivity index is 0.000000310. The van der Waals surface area contributed by atoms with Crippen LogP contribution in [0.3, 0.4) is 0 Å². The number of H-pyrrole nitrogens is 1. The van der Waals surface area contributed by atoms with Gasteiger partial charge in [-0.15, -0.1) is 0 Å². The van der Waals surface area contributed by atoms with E-state index in [1.807, 2.05) is 69.6 Å². The van der Waals surface area contributed by atoms with Crippen LogP contribution in [0, 0.1) is 42.5 Å². The molecule has 0 unspecified atom stereocenters. The number of carbonyl (C=O) groups is 1. The van der Waals surface area contributed by atoms with Gasteiger partial charge in [0.2, 0.25) is 28.2 Å². The molecule has 1 aliphatic carbocycles. The Kier molecular flexibility index (Phi) is 17.4. The van der Waals surface area contributed by atoms with Crippen LogP contribution >= 0.6 is 12.1 Å². The van der Waals surface area contributed by atoms with Crippen LogP contribution in [0.5, 0.6) is 0 Å². The molecule has 0 bridgehead atoms. The van der Waals surface area contributed by atoms with E-state index in [2.05, 4.69) is 31.6 Å². The molecule has 0 saturated heterocycles. The lowest BCUT2D eigenvalue weighted by Crippen LogP contribution is -2.37. The highest BCUT2D eigenvalue weighted by atomic mass is 32.2. The number of nitrogens with zero attached hydrogens (tertiary/aromatic N) is 3. The van der Waals surface area contributed by atoms with Crippen molar-refractivity contribution in [2.45, 2.75) is 65.6 Å². The molecule has 1 saturated carbocycles. The summed E-state index contributed by atoms with van der Waals surface area (Å²) in [5, 5.41) is 17.9. The molecule has 2 aromatic heterocycles. The van der Waals surface area contributed by atoms with Crippen molar-refractivity contribution in [1.82, 2.24) is 23.9 Å². The second kappa shape index (κ2) is 21.5. The largest absolute Gasteiger partial charge is 0.351 e. The number of rotatable bonds is 17. The van der Waals surface area contributed by atoms with Gasteiger partial charge >= 0.3 is 0 Å². The zero-order valence-corrected chi connectivity index (χ0v) is 36.4. The Morgan fingerprint density at radius 2 is 1.68 bits per heavy atom. The Morgan fingerprint density at radius 1 is 1.05 bits per heavy atom. The molecular weight excluding hydrogens is 824 g/mol. The van der Waals surface area contributed by atoms with Crippen molar-refractivity contribution in [3.8, 4) is 5.82 Å². The third-order valence-corrected chi connectivity index (χ3v) is 12.0. The summed E-state index contributed by atoms with van der Waals surface area (Å²) in [6, 6.07) is 13.3. The minimum atomic E-state index is -3.94. The van der Waals surface area contributed by atoms with E-state index < -0.39 is 73.1 Å². The number of benzene rings is 2. The zero-order chi connectivity index (χ0) is 44.9.